The Morgan fingerprint density at radius 1 is 0.969 bits per heavy atom. The van der Waals surface area contributed by atoms with Gasteiger partial charge in [-0.25, -0.2) is 0 Å². The number of hydrogen-bond donors (Lipinski definition) is 0. The maximum absolute atomic E-state index is 13.5. The zero-order chi connectivity index (χ0) is 22.8. The van der Waals surface area contributed by atoms with Crippen molar-refractivity contribution in [1.29, 1.82) is 5.26 Å². The minimum absolute atomic E-state index is 0.0139. The van der Waals surface area contributed by atoms with Crippen LogP contribution in [-0.2, 0) is 9.59 Å². The van der Waals surface area contributed by atoms with Crippen molar-refractivity contribution in [1.82, 2.24) is 0 Å². The first-order valence-corrected chi connectivity index (χ1v) is 10.4. The summed E-state index contributed by atoms with van der Waals surface area (Å²) >= 11 is 0. The fraction of sp³-hybridized carbons (Fsp3) is 0.320. The van der Waals surface area contributed by atoms with Gasteiger partial charge in [0.15, 0.2) is 17.3 Å². The molecule has 0 bridgehead atoms. The van der Waals surface area contributed by atoms with E-state index in [-0.39, 0.29) is 18.1 Å². The third kappa shape index (κ3) is 3.48. The highest BCUT2D eigenvalue weighted by Gasteiger charge is 2.41. The maximum Gasteiger partial charge on any atom is 0.232 e. The van der Waals surface area contributed by atoms with Gasteiger partial charge in [-0.3, -0.25) is 14.5 Å². The summed E-state index contributed by atoms with van der Waals surface area (Å²) in [6.07, 6.45) is 1.74. The molecule has 1 aliphatic heterocycles. The van der Waals surface area contributed by atoms with Gasteiger partial charge in [0.05, 0.1) is 32.6 Å². The summed E-state index contributed by atoms with van der Waals surface area (Å²) in [5.41, 5.74) is 2.89. The molecule has 2 aromatic rings. The minimum atomic E-state index is -0.467. The van der Waals surface area contributed by atoms with Crippen molar-refractivity contribution in [2.24, 2.45) is 0 Å². The van der Waals surface area contributed by atoms with Gasteiger partial charge in [-0.15, -0.1) is 0 Å². The molecule has 0 aromatic heterocycles. The van der Waals surface area contributed by atoms with Crippen LogP contribution in [-0.4, -0.2) is 33.0 Å². The van der Waals surface area contributed by atoms with E-state index in [0.717, 1.165) is 0 Å². The number of anilines is 1. The van der Waals surface area contributed by atoms with E-state index in [1.54, 1.807) is 48.4 Å². The molecule has 0 fully saturated rings. The van der Waals surface area contributed by atoms with Gasteiger partial charge in [-0.1, -0.05) is 12.1 Å². The number of methoxy groups -OCH3 is 3. The lowest BCUT2D eigenvalue weighted by Gasteiger charge is -2.39. The highest BCUT2D eigenvalue weighted by atomic mass is 16.5. The summed E-state index contributed by atoms with van der Waals surface area (Å²) in [5, 5.41) is 9.58. The molecule has 2 aromatic carbocycles. The van der Waals surface area contributed by atoms with E-state index < -0.39 is 5.92 Å². The lowest BCUT2D eigenvalue weighted by Crippen LogP contribution is -2.41. The topological polar surface area (TPSA) is 88.9 Å². The minimum Gasteiger partial charge on any atom is -0.496 e. The van der Waals surface area contributed by atoms with Crippen LogP contribution in [0.1, 0.15) is 42.7 Å². The zero-order valence-corrected chi connectivity index (χ0v) is 18.3. The lowest BCUT2D eigenvalue weighted by molar-refractivity contribution is -0.119. The summed E-state index contributed by atoms with van der Waals surface area (Å²) < 4.78 is 16.4. The number of allylic oxidation sites excluding steroid dienone is 2. The number of Topliss-reactive ketones (excluding diaryl/α,β-unsaturated/α-hetero) is 1. The van der Waals surface area contributed by atoms with E-state index >= 15 is 0 Å². The summed E-state index contributed by atoms with van der Waals surface area (Å²) in [6, 6.07) is 12.6. The second kappa shape index (κ2) is 8.75. The van der Waals surface area contributed by atoms with Crippen LogP contribution in [0.3, 0.4) is 0 Å². The molecule has 1 atom stereocenters. The number of ketones is 1. The van der Waals surface area contributed by atoms with Gasteiger partial charge in [0.1, 0.15) is 11.8 Å². The number of benzene rings is 2. The number of carbonyl (C=O) groups is 2. The van der Waals surface area contributed by atoms with Crippen LogP contribution >= 0.6 is 0 Å². The lowest BCUT2D eigenvalue weighted by atomic mass is 9.76. The Morgan fingerprint density at radius 3 is 2.34 bits per heavy atom. The Bertz CT molecular complexity index is 1160. The molecule has 1 aliphatic carbocycles. The summed E-state index contributed by atoms with van der Waals surface area (Å²) in [7, 11) is 4.62. The predicted octanol–water partition coefficient (Wildman–Crippen LogP) is 4.11. The fourth-order valence-electron chi connectivity index (χ4n) is 4.63. The first-order valence-electron chi connectivity index (χ1n) is 10.4. The van der Waals surface area contributed by atoms with Crippen molar-refractivity contribution in [3.8, 4) is 23.3 Å². The first kappa shape index (κ1) is 21.4. The zero-order valence-electron chi connectivity index (χ0n) is 18.3. The van der Waals surface area contributed by atoms with Gasteiger partial charge >= 0.3 is 0 Å². The Balaban J connectivity index is 1.93. The molecule has 32 heavy (non-hydrogen) atoms. The standard InChI is InChI=1S/C25H24N2O5/c1-30-21-13-23(32-3)22(31-2)11-16(21)17-12-24(29)27(18-8-5-4-7-15(18)14-26)19-9-6-10-20(28)25(17)19/h4-5,7-8,11,13,17H,6,9-10,12H2,1-3H3. The summed E-state index contributed by atoms with van der Waals surface area (Å²) in [5.74, 6) is 0.910. The molecular weight excluding hydrogens is 408 g/mol. The van der Waals surface area contributed by atoms with Crippen LogP contribution in [0.5, 0.6) is 17.2 Å². The number of para-hydroxylation sites is 1. The van der Waals surface area contributed by atoms with E-state index in [0.29, 0.717) is 64.6 Å². The molecule has 0 radical (unpaired) electrons. The number of carbonyl (C=O) groups excluding carboxylic acids is 2. The second-order valence-corrected chi connectivity index (χ2v) is 7.70. The second-order valence-electron chi connectivity index (χ2n) is 7.70. The van der Waals surface area contributed by atoms with E-state index in [4.69, 9.17) is 14.2 Å². The Kier molecular flexibility index (Phi) is 5.87. The number of rotatable bonds is 5. The molecule has 7 heteroatoms. The van der Waals surface area contributed by atoms with E-state index in [1.807, 2.05) is 0 Å². The highest BCUT2D eigenvalue weighted by Crippen LogP contribution is 2.48. The molecule has 164 valence electrons. The van der Waals surface area contributed by atoms with Crippen LogP contribution in [0, 0.1) is 11.3 Å². The van der Waals surface area contributed by atoms with E-state index in [1.165, 1.54) is 14.2 Å². The number of nitriles is 1. The molecule has 0 saturated heterocycles. The Labute approximate surface area is 186 Å². The predicted molar refractivity (Wildman–Crippen MR) is 118 cm³/mol. The van der Waals surface area contributed by atoms with Crippen LogP contribution in [0.2, 0.25) is 0 Å². The van der Waals surface area contributed by atoms with Gasteiger partial charge in [-0.05, 0) is 31.0 Å². The monoisotopic (exact) mass is 432 g/mol. The van der Waals surface area contributed by atoms with Crippen LogP contribution < -0.4 is 19.1 Å². The molecule has 7 nitrogen and oxygen atoms in total. The highest BCUT2D eigenvalue weighted by molar-refractivity contribution is 6.08. The molecule has 1 heterocycles. The SMILES string of the molecule is COc1cc(OC)c(C2CC(=O)N(c3ccccc3C#N)C3=C2C(=O)CCC3)cc1OC. The van der Waals surface area contributed by atoms with Crippen molar-refractivity contribution >= 4 is 17.4 Å². The molecule has 1 amide bonds. The molecule has 0 N–H and O–H groups in total. The Hall–Kier alpha value is -3.79. The quantitative estimate of drug-likeness (QED) is 0.706. The van der Waals surface area contributed by atoms with Gasteiger partial charge in [0.2, 0.25) is 5.91 Å². The summed E-state index contributed by atoms with van der Waals surface area (Å²) in [4.78, 5) is 28.2. The number of amides is 1. The van der Waals surface area contributed by atoms with Gasteiger partial charge in [-0.2, -0.15) is 5.26 Å². The van der Waals surface area contributed by atoms with Crippen LogP contribution in [0.4, 0.5) is 5.69 Å². The van der Waals surface area contributed by atoms with Crippen LogP contribution in [0.25, 0.3) is 0 Å². The van der Waals surface area contributed by atoms with E-state index in [2.05, 4.69) is 6.07 Å². The molecular formula is C25H24N2O5. The van der Waals surface area contributed by atoms with Crippen molar-refractivity contribution in [2.45, 2.75) is 31.6 Å². The van der Waals surface area contributed by atoms with Crippen molar-refractivity contribution in [3.63, 3.8) is 0 Å². The van der Waals surface area contributed by atoms with Crippen LogP contribution in [0.15, 0.2) is 47.7 Å². The van der Waals surface area contributed by atoms with Gasteiger partial charge < -0.3 is 14.2 Å². The molecule has 2 aliphatic rings. The summed E-state index contributed by atoms with van der Waals surface area (Å²) in [6.45, 7) is 0. The maximum atomic E-state index is 13.5. The number of hydrogen-bond acceptors (Lipinski definition) is 6. The fourth-order valence-corrected chi connectivity index (χ4v) is 4.63. The van der Waals surface area contributed by atoms with Gasteiger partial charge in [0, 0.05) is 41.7 Å². The number of ether oxygens (including phenoxy) is 3. The Morgan fingerprint density at radius 2 is 1.66 bits per heavy atom. The third-order valence-corrected chi connectivity index (χ3v) is 6.05. The molecule has 0 spiro atoms. The smallest absolute Gasteiger partial charge is 0.232 e. The molecule has 4 rings (SSSR count). The van der Waals surface area contributed by atoms with E-state index in [9.17, 15) is 14.9 Å². The normalized spacial score (nSPS) is 18.2. The average Bonchev–Trinajstić information content (AvgIpc) is 2.82. The third-order valence-electron chi connectivity index (χ3n) is 6.05. The average molecular weight is 432 g/mol. The molecule has 1 unspecified atom stereocenters. The first-order chi connectivity index (χ1) is 15.5. The van der Waals surface area contributed by atoms with Crippen molar-refractivity contribution in [3.05, 3.63) is 58.8 Å². The van der Waals surface area contributed by atoms with Crippen molar-refractivity contribution < 1.29 is 23.8 Å². The largest absolute Gasteiger partial charge is 0.496 e. The number of nitrogens with zero attached hydrogens (tertiary/aromatic N) is 2. The van der Waals surface area contributed by atoms with Gasteiger partial charge in [0.25, 0.3) is 0 Å². The van der Waals surface area contributed by atoms with Crippen molar-refractivity contribution in [2.75, 3.05) is 26.2 Å². The molecule has 0 saturated carbocycles.